The molecule has 0 aliphatic rings. The van der Waals surface area contributed by atoms with Gasteiger partial charge in [0.15, 0.2) is 0 Å². The zero-order valence-electron chi connectivity index (χ0n) is 9.30. The zero-order valence-corrected chi connectivity index (χ0v) is 9.30. The fraction of sp³-hybridized carbons (Fsp3) is 0.385. The lowest BCUT2D eigenvalue weighted by molar-refractivity contribution is 1.01. The van der Waals surface area contributed by atoms with Crippen LogP contribution >= 0.6 is 0 Å². The highest BCUT2D eigenvalue weighted by Crippen LogP contribution is 2.17. The van der Waals surface area contributed by atoms with Crippen LogP contribution in [0.4, 0.5) is 0 Å². The average Bonchev–Trinajstić information content (AvgIpc) is 2.09. The van der Waals surface area contributed by atoms with Crippen LogP contribution < -0.4 is 5.73 Å². The third-order valence-corrected chi connectivity index (χ3v) is 2.36. The van der Waals surface area contributed by atoms with E-state index in [1.165, 1.54) is 22.3 Å². The summed E-state index contributed by atoms with van der Waals surface area (Å²) in [4.78, 5) is 0. The number of nitrogens with two attached hydrogens (primary N) is 1. The van der Waals surface area contributed by atoms with Gasteiger partial charge in [-0.15, -0.1) is 0 Å². The van der Waals surface area contributed by atoms with Gasteiger partial charge < -0.3 is 5.73 Å². The Kier molecular flexibility index (Phi) is 3.90. The van der Waals surface area contributed by atoms with Crippen molar-refractivity contribution < 1.29 is 0 Å². The molecule has 0 aliphatic carbocycles. The van der Waals surface area contributed by atoms with Gasteiger partial charge in [0, 0.05) is 0 Å². The summed E-state index contributed by atoms with van der Waals surface area (Å²) in [5.41, 5.74) is 10.8. The summed E-state index contributed by atoms with van der Waals surface area (Å²) in [7, 11) is 0. The lowest BCUT2D eigenvalue weighted by Crippen LogP contribution is -1.95. The fourth-order valence-electron chi connectivity index (χ4n) is 1.75. The highest BCUT2D eigenvalue weighted by Gasteiger charge is 1.99. The van der Waals surface area contributed by atoms with Crippen molar-refractivity contribution in [3.63, 3.8) is 0 Å². The number of hydrogen-bond donors (Lipinski definition) is 1. The molecule has 2 N–H and O–H groups in total. The smallest absolute Gasteiger partial charge is 0.00425 e. The van der Waals surface area contributed by atoms with Gasteiger partial charge in [-0.3, -0.25) is 0 Å². The minimum Gasteiger partial charge on any atom is -0.330 e. The number of rotatable bonds is 3. The molecule has 1 nitrogen and oxygen atoms in total. The molecule has 0 heterocycles. The van der Waals surface area contributed by atoms with Crippen molar-refractivity contribution in [2.75, 3.05) is 6.54 Å². The van der Waals surface area contributed by atoms with Crippen LogP contribution in [0.2, 0.25) is 0 Å². The molecule has 0 unspecified atom stereocenters. The molecule has 1 heteroatoms. The van der Waals surface area contributed by atoms with Gasteiger partial charge in [-0.05, 0) is 50.4 Å². The van der Waals surface area contributed by atoms with Gasteiger partial charge in [0.25, 0.3) is 0 Å². The van der Waals surface area contributed by atoms with E-state index >= 15 is 0 Å². The Morgan fingerprint density at radius 1 is 1.14 bits per heavy atom. The molecular formula is C13H19N. The molecule has 1 aromatic rings. The number of aryl methyl sites for hydroxylation is 3. The Morgan fingerprint density at radius 3 is 2.21 bits per heavy atom. The van der Waals surface area contributed by atoms with Gasteiger partial charge in [-0.1, -0.05) is 29.8 Å². The fourth-order valence-corrected chi connectivity index (χ4v) is 1.75. The second kappa shape index (κ2) is 4.97. The van der Waals surface area contributed by atoms with Crippen molar-refractivity contribution in [2.45, 2.75) is 27.2 Å². The summed E-state index contributed by atoms with van der Waals surface area (Å²) in [5.74, 6) is 0. The van der Waals surface area contributed by atoms with Gasteiger partial charge in [-0.2, -0.15) is 0 Å². The first-order valence-electron chi connectivity index (χ1n) is 5.09. The van der Waals surface area contributed by atoms with E-state index in [0.717, 1.165) is 13.0 Å². The molecular weight excluding hydrogens is 170 g/mol. The van der Waals surface area contributed by atoms with Gasteiger partial charge in [0.05, 0.1) is 0 Å². The summed E-state index contributed by atoms with van der Waals surface area (Å²) in [6.45, 7) is 7.16. The van der Waals surface area contributed by atoms with E-state index in [-0.39, 0.29) is 0 Å². The van der Waals surface area contributed by atoms with Crippen LogP contribution in [0.3, 0.4) is 0 Å². The molecule has 0 aliphatic heterocycles. The molecule has 0 saturated heterocycles. The van der Waals surface area contributed by atoms with E-state index in [1.54, 1.807) is 0 Å². The molecule has 1 aromatic carbocycles. The maximum Gasteiger partial charge on any atom is -0.00425 e. The monoisotopic (exact) mass is 189 g/mol. The van der Waals surface area contributed by atoms with Crippen molar-refractivity contribution in [1.29, 1.82) is 0 Å². The SMILES string of the molecule is Cc1cc(C)c(/C=C/CCN)c(C)c1. The van der Waals surface area contributed by atoms with Crippen molar-refractivity contribution in [2.24, 2.45) is 5.73 Å². The number of benzene rings is 1. The van der Waals surface area contributed by atoms with Crippen LogP contribution in [-0.2, 0) is 0 Å². The molecule has 76 valence electrons. The Bertz CT molecular complexity index is 314. The van der Waals surface area contributed by atoms with Crippen molar-refractivity contribution >= 4 is 6.08 Å². The third kappa shape index (κ3) is 2.71. The summed E-state index contributed by atoms with van der Waals surface area (Å²) >= 11 is 0. The van der Waals surface area contributed by atoms with Crippen LogP contribution in [0.25, 0.3) is 6.08 Å². The zero-order chi connectivity index (χ0) is 10.6. The maximum atomic E-state index is 5.44. The lowest BCUT2D eigenvalue weighted by atomic mass is 9.99. The highest BCUT2D eigenvalue weighted by molar-refractivity contribution is 5.58. The van der Waals surface area contributed by atoms with E-state index in [1.807, 2.05) is 0 Å². The van der Waals surface area contributed by atoms with Gasteiger partial charge >= 0.3 is 0 Å². The molecule has 14 heavy (non-hydrogen) atoms. The molecule has 0 radical (unpaired) electrons. The summed E-state index contributed by atoms with van der Waals surface area (Å²) in [6.07, 6.45) is 5.27. The second-order valence-corrected chi connectivity index (χ2v) is 3.79. The molecule has 0 amide bonds. The van der Waals surface area contributed by atoms with E-state index in [4.69, 9.17) is 5.73 Å². The Labute approximate surface area is 86.6 Å². The first-order chi connectivity index (χ1) is 6.65. The summed E-state index contributed by atoms with van der Waals surface area (Å²) < 4.78 is 0. The Balaban J connectivity index is 2.96. The molecule has 0 bridgehead atoms. The van der Waals surface area contributed by atoms with Crippen LogP contribution in [0.15, 0.2) is 18.2 Å². The van der Waals surface area contributed by atoms with Gasteiger partial charge in [-0.25, -0.2) is 0 Å². The lowest BCUT2D eigenvalue weighted by Gasteiger charge is -2.06. The molecule has 0 atom stereocenters. The van der Waals surface area contributed by atoms with Crippen LogP contribution in [-0.4, -0.2) is 6.54 Å². The molecule has 0 spiro atoms. The standard InChI is InChI=1S/C13H19N/c1-10-8-11(2)13(12(3)9-10)6-4-5-7-14/h4,6,8-9H,5,7,14H2,1-3H3/b6-4+. The largest absolute Gasteiger partial charge is 0.330 e. The minimum absolute atomic E-state index is 0.723. The molecule has 0 saturated carbocycles. The molecule has 0 fully saturated rings. The average molecular weight is 189 g/mol. The van der Waals surface area contributed by atoms with E-state index < -0.39 is 0 Å². The first kappa shape index (κ1) is 11.0. The predicted molar refractivity (Wildman–Crippen MR) is 63.4 cm³/mol. The predicted octanol–water partition coefficient (Wildman–Crippen LogP) is 2.97. The Morgan fingerprint density at radius 2 is 1.71 bits per heavy atom. The number of hydrogen-bond acceptors (Lipinski definition) is 1. The Hall–Kier alpha value is -1.08. The minimum atomic E-state index is 0.723. The van der Waals surface area contributed by atoms with Crippen LogP contribution in [0, 0.1) is 20.8 Å². The third-order valence-electron chi connectivity index (χ3n) is 2.36. The van der Waals surface area contributed by atoms with Crippen molar-refractivity contribution in [3.8, 4) is 0 Å². The second-order valence-electron chi connectivity index (χ2n) is 3.79. The molecule has 1 rings (SSSR count). The molecule has 0 aromatic heterocycles. The van der Waals surface area contributed by atoms with Crippen molar-refractivity contribution in [1.82, 2.24) is 0 Å². The highest BCUT2D eigenvalue weighted by atomic mass is 14.5. The van der Waals surface area contributed by atoms with E-state index in [2.05, 4.69) is 45.1 Å². The normalized spacial score (nSPS) is 11.1. The summed E-state index contributed by atoms with van der Waals surface area (Å²) in [6, 6.07) is 4.43. The van der Waals surface area contributed by atoms with Gasteiger partial charge in [0.2, 0.25) is 0 Å². The van der Waals surface area contributed by atoms with E-state index in [0.29, 0.717) is 0 Å². The maximum absolute atomic E-state index is 5.44. The van der Waals surface area contributed by atoms with Crippen LogP contribution in [0.5, 0.6) is 0 Å². The topological polar surface area (TPSA) is 26.0 Å². The van der Waals surface area contributed by atoms with E-state index in [9.17, 15) is 0 Å². The quantitative estimate of drug-likeness (QED) is 0.777. The summed E-state index contributed by atoms with van der Waals surface area (Å²) in [5, 5.41) is 0. The van der Waals surface area contributed by atoms with Crippen LogP contribution in [0.1, 0.15) is 28.7 Å². The van der Waals surface area contributed by atoms with Crippen molar-refractivity contribution in [3.05, 3.63) is 40.5 Å². The van der Waals surface area contributed by atoms with Gasteiger partial charge in [0.1, 0.15) is 0 Å². The first-order valence-corrected chi connectivity index (χ1v) is 5.09.